The molecular weight excluding hydrogens is 233 g/mol. The van der Waals surface area contributed by atoms with Gasteiger partial charge in [0.05, 0.1) is 5.92 Å². The maximum Gasteiger partial charge on any atom is 0.244 e. The third-order valence-electron chi connectivity index (χ3n) is 2.88. The highest BCUT2D eigenvalue weighted by molar-refractivity contribution is 5.83. The topological polar surface area (TPSA) is 46.3 Å². The molecule has 0 aliphatic carbocycles. The number of hydrazine groups is 1. The Morgan fingerprint density at radius 2 is 1.82 bits per heavy atom. The van der Waals surface area contributed by atoms with E-state index in [9.17, 15) is 18.0 Å². The molecule has 3 nitrogen and oxygen atoms in total. The summed E-state index contributed by atoms with van der Waals surface area (Å²) in [6.45, 7) is 0.418. The monoisotopic (exact) mass is 244 g/mol. The summed E-state index contributed by atoms with van der Waals surface area (Å²) in [5, 5.41) is 1.02. The zero-order valence-corrected chi connectivity index (χ0v) is 8.92. The molecule has 1 aromatic carbocycles. The third kappa shape index (κ3) is 2.12. The average molecular weight is 244 g/mol. The summed E-state index contributed by atoms with van der Waals surface area (Å²) in [4.78, 5) is 11.7. The van der Waals surface area contributed by atoms with E-state index < -0.39 is 29.3 Å². The fourth-order valence-corrected chi connectivity index (χ4v) is 1.99. The van der Waals surface area contributed by atoms with Gasteiger partial charge in [-0.05, 0) is 30.5 Å². The van der Waals surface area contributed by atoms with Gasteiger partial charge in [-0.1, -0.05) is 0 Å². The molecule has 1 saturated heterocycles. The van der Waals surface area contributed by atoms with Gasteiger partial charge in [-0.2, -0.15) is 0 Å². The molecule has 1 unspecified atom stereocenters. The summed E-state index contributed by atoms with van der Waals surface area (Å²) in [6.07, 6.45) is 1.10. The number of halogens is 3. The molecule has 1 heterocycles. The van der Waals surface area contributed by atoms with Crippen LogP contribution in [-0.2, 0) is 4.79 Å². The Bertz CT molecular complexity index is 441. The van der Waals surface area contributed by atoms with E-state index in [0.717, 1.165) is 17.1 Å². The van der Waals surface area contributed by atoms with Crippen LogP contribution in [0.1, 0.15) is 24.3 Å². The van der Waals surface area contributed by atoms with Crippen LogP contribution in [-0.4, -0.2) is 17.5 Å². The van der Waals surface area contributed by atoms with Crippen LogP contribution in [0.5, 0.6) is 0 Å². The molecule has 0 spiro atoms. The van der Waals surface area contributed by atoms with Crippen LogP contribution < -0.4 is 5.84 Å². The van der Waals surface area contributed by atoms with E-state index in [-0.39, 0.29) is 5.56 Å². The van der Waals surface area contributed by atoms with Gasteiger partial charge in [0.25, 0.3) is 0 Å². The number of piperidine rings is 1. The lowest BCUT2D eigenvalue weighted by molar-refractivity contribution is -0.135. The molecule has 0 saturated carbocycles. The molecule has 0 bridgehead atoms. The fourth-order valence-electron chi connectivity index (χ4n) is 1.99. The minimum absolute atomic E-state index is 0.126. The zero-order valence-electron chi connectivity index (χ0n) is 8.92. The number of carbonyl (C=O) groups excluding carboxylic acids is 1. The van der Waals surface area contributed by atoms with E-state index in [2.05, 4.69) is 0 Å². The van der Waals surface area contributed by atoms with Crippen LogP contribution in [0.2, 0.25) is 0 Å². The van der Waals surface area contributed by atoms with Crippen molar-refractivity contribution >= 4 is 5.91 Å². The molecule has 0 radical (unpaired) electrons. The maximum atomic E-state index is 13.0. The van der Waals surface area contributed by atoms with Gasteiger partial charge in [-0.3, -0.25) is 9.80 Å². The Labute approximate surface area is 96.0 Å². The van der Waals surface area contributed by atoms with Gasteiger partial charge in [-0.15, -0.1) is 0 Å². The van der Waals surface area contributed by atoms with Crippen LogP contribution in [0.15, 0.2) is 12.1 Å². The number of benzene rings is 1. The zero-order chi connectivity index (χ0) is 12.6. The van der Waals surface area contributed by atoms with Crippen LogP contribution in [0, 0.1) is 17.5 Å². The summed E-state index contributed by atoms with van der Waals surface area (Å²) >= 11 is 0. The molecule has 6 heteroatoms. The van der Waals surface area contributed by atoms with Crippen molar-refractivity contribution in [2.45, 2.75) is 18.8 Å². The Kier molecular flexibility index (Phi) is 3.06. The summed E-state index contributed by atoms with van der Waals surface area (Å²) in [7, 11) is 0. The molecule has 1 aromatic rings. The molecule has 17 heavy (non-hydrogen) atoms. The van der Waals surface area contributed by atoms with E-state index in [1.165, 1.54) is 0 Å². The Balaban J connectivity index is 2.37. The predicted molar refractivity (Wildman–Crippen MR) is 54.2 cm³/mol. The van der Waals surface area contributed by atoms with Crippen LogP contribution in [0.25, 0.3) is 0 Å². The molecule has 2 N–H and O–H groups in total. The average Bonchev–Trinajstić information content (AvgIpc) is 2.29. The van der Waals surface area contributed by atoms with Crippen molar-refractivity contribution in [2.24, 2.45) is 5.84 Å². The highest BCUT2D eigenvalue weighted by Gasteiger charge is 2.29. The number of rotatable bonds is 1. The number of hydrogen-bond acceptors (Lipinski definition) is 2. The maximum absolute atomic E-state index is 13.0. The first kappa shape index (κ1) is 11.9. The van der Waals surface area contributed by atoms with Gasteiger partial charge < -0.3 is 0 Å². The van der Waals surface area contributed by atoms with Gasteiger partial charge in [0, 0.05) is 6.54 Å². The normalized spacial score (nSPS) is 20.8. The predicted octanol–water partition coefficient (Wildman–Crippen LogP) is 1.68. The quantitative estimate of drug-likeness (QED) is 0.464. The smallest absolute Gasteiger partial charge is 0.244 e. The largest absolute Gasteiger partial charge is 0.280 e. The second-order valence-corrected chi connectivity index (χ2v) is 4.02. The van der Waals surface area contributed by atoms with Gasteiger partial charge >= 0.3 is 0 Å². The number of amides is 1. The summed E-state index contributed by atoms with van der Waals surface area (Å²) in [6, 6.07) is 1.69. The van der Waals surface area contributed by atoms with Crippen molar-refractivity contribution in [1.29, 1.82) is 0 Å². The first-order valence-corrected chi connectivity index (χ1v) is 5.21. The second-order valence-electron chi connectivity index (χ2n) is 4.02. The van der Waals surface area contributed by atoms with E-state index in [1.54, 1.807) is 0 Å². The van der Waals surface area contributed by atoms with Crippen molar-refractivity contribution in [2.75, 3.05) is 6.54 Å². The van der Waals surface area contributed by atoms with E-state index in [4.69, 9.17) is 5.84 Å². The second kappa shape index (κ2) is 4.37. The van der Waals surface area contributed by atoms with E-state index in [0.29, 0.717) is 19.4 Å². The van der Waals surface area contributed by atoms with Crippen molar-refractivity contribution in [1.82, 2.24) is 5.01 Å². The van der Waals surface area contributed by atoms with Gasteiger partial charge in [0.1, 0.15) is 0 Å². The van der Waals surface area contributed by atoms with E-state index >= 15 is 0 Å². The van der Waals surface area contributed by atoms with Gasteiger partial charge in [0.15, 0.2) is 17.5 Å². The Morgan fingerprint density at radius 3 is 2.41 bits per heavy atom. The Hall–Kier alpha value is -1.56. The van der Waals surface area contributed by atoms with Crippen molar-refractivity contribution in [3.63, 3.8) is 0 Å². The van der Waals surface area contributed by atoms with Crippen molar-refractivity contribution in [3.05, 3.63) is 35.1 Å². The standard InChI is InChI=1S/C11H11F3N2O/c12-8-4-6(5-9(13)10(8)14)7-2-1-3-16(15)11(7)17/h4-5,7H,1-3,15H2. The van der Waals surface area contributed by atoms with Crippen LogP contribution in [0.3, 0.4) is 0 Å². The minimum atomic E-state index is -1.53. The van der Waals surface area contributed by atoms with E-state index in [1.807, 2.05) is 0 Å². The third-order valence-corrected chi connectivity index (χ3v) is 2.88. The molecule has 1 aliphatic heterocycles. The number of nitrogens with zero attached hydrogens (tertiary/aromatic N) is 1. The molecule has 1 fully saturated rings. The molecule has 1 atom stereocenters. The lowest BCUT2D eigenvalue weighted by Gasteiger charge is -2.28. The highest BCUT2D eigenvalue weighted by Crippen LogP contribution is 2.28. The lowest BCUT2D eigenvalue weighted by Crippen LogP contribution is -2.44. The lowest BCUT2D eigenvalue weighted by atomic mass is 9.90. The molecular formula is C11H11F3N2O. The highest BCUT2D eigenvalue weighted by atomic mass is 19.2. The first-order valence-electron chi connectivity index (χ1n) is 5.21. The number of carbonyl (C=O) groups is 1. The molecule has 2 rings (SSSR count). The molecule has 1 aliphatic rings. The molecule has 92 valence electrons. The van der Waals surface area contributed by atoms with Gasteiger partial charge in [-0.25, -0.2) is 19.0 Å². The number of hydrogen-bond donors (Lipinski definition) is 1. The number of nitrogens with two attached hydrogens (primary N) is 1. The van der Waals surface area contributed by atoms with Crippen molar-refractivity contribution < 1.29 is 18.0 Å². The summed E-state index contributed by atoms with van der Waals surface area (Å²) < 4.78 is 38.9. The van der Waals surface area contributed by atoms with Crippen LogP contribution in [0.4, 0.5) is 13.2 Å². The SMILES string of the molecule is NN1CCCC(c2cc(F)c(F)c(F)c2)C1=O. The summed E-state index contributed by atoms with van der Waals surface area (Å²) in [5.74, 6) is 0.231. The first-order chi connectivity index (χ1) is 8.00. The minimum Gasteiger partial charge on any atom is -0.280 e. The summed E-state index contributed by atoms with van der Waals surface area (Å²) in [5.41, 5.74) is 0.126. The van der Waals surface area contributed by atoms with Gasteiger partial charge in [0.2, 0.25) is 5.91 Å². The van der Waals surface area contributed by atoms with Crippen LogP contribution >= 0.6 is 0 Å². The fraction of sp³-hybridized carbons (Fsp3) is 0.364. The molecule has 0 aromatic heterocycles. The Morgan fingerprint density at radius 1 is 1.24 bits per heavy atom. The van der Waals surface area contributed by atoms with Crippen molar-refractivity contribution in [3.8, 4) is 0 Å². The molecule has 1 amide bonds.